The first-order valence-electron chi connectivity index (χ1n) is 10.3. The molecule has 0 spiro atoms. The average molecular weight is 425 g/mol. The van der Waals surface area contributed by atoms with Crippen molar-refractivity contribution in [1.29, 1.82) is 0 Å². The van der Waals surface area contributed by atoms with Gasteiger partial charge >= 0.3 is 6.03 Å². The number of hydrazone groups is 1. The summed E-state index contributed by atoms with van der Waals surface area (Å²) < 4.78 is 20.1. The Kier molecular flexibility index (Phi) is 6.63. The van der Waals surface area contributed by atoms with Crippen molar-refractivity contribution in [2.45, 2.75) is 39.7 Å². The molecule has 0 atom stereocenters. The third-order valence-electron chi connectivity index (χ3n) is 5.27. The van der Waals surface area contributed by atoms with E-state index in [1.54, 1.807) is 36.4 Å². The van der Waals surface area contributed by atoms with Crippen LogP contribution in [0.5, 0.6) is 5.75 Å². The number of urea groups is 1. The molecule has 164 valence electrons. The zero-order valence-electron chi connectivity index (χ0n) is 18.6. The van der Waals surface area contributed by atoms with E-state index in [9.17, 15) is 9.18 Å². The number of halogens is 1. The third kappa shape index (κ3) is 4.87. The molecule has 1 aliphatic heterocycles. The second-order valence-electron chi connectivity index (χ2n) is 8.05. The number of methoxy groups -OCH3 is 1. The van der Waals surface area contributed by atoms with Crippen LogP contribution in [-0.2, 0) is 0 Å². The topological polar surface area (TPSA) is 66.0 Å². The Bertz CT molecular complexity index is 1030. The van der Waals surface area contributed by atoms with E-state index in [4.69, 9.17) is 4.74 Å². The van der Waals surface area contributed by atoms with Crippen LogP contribution in [0.3, 0.4) is 0 Å². The van der Waals surface area contributed by atoms with Crippen LogP contribution < -0.4 is 20.4 Å². The van der Waals surface area contributed by atoms with Gasteiger partial charge in [0.1, 0.15) is 11.6 Å². The van der Waals surface area contributed by atoms with E-state index >= 15 is 0 Å². The number of para-hydroxylation sites is 2. The van der Waals surface area contributed by atoms with E-state index < -0.39 is 6.03 Å². The van der Waals surface area contributed by atoms with Gasteiger partial charge < -0.3 is 15.0 Å². The van der Waals surface area contributed by atoms with Crippen molar-refractivity contribution < 1.29 is 13.9 Å². The van der Waals surface area contributed by atoms with Gasteiger partial charge in [0.25, 0.3) is 0 Å². The number of nitrogens with one attached hydrogen (secondary N) is 2. The van der Waals surface area contributed by atoms with Gasteiger partial charge in [-0.2, -0.15) is 5.10 Å². The van der Waals surface area contributed by atoms with Crippen molar-refractivity contribution >= 4 is 29.2 Å². The molecule has 0 fully saturated rings. The van der Waals surface area contributed by atoms with Gasteiger partial charge in [0.2, 0.25) is 0 Å². The number of hydrogen-bond donors (Lipinski definition) is 2. The van der Waals surface area contributed by atoms with Crippen LogP contribution in [-0.4, -0.2) is 31.4 Å². The smallest absolute Gasteiger partial charge is 0.339 e. The minimum Gasteiger partial charge on any atom is -0.495 e. The maximum absolute atomic E-state index is 14.9. The van der Waals surface area contributed by atoms with Crippen LogP contribution in [0.4, 0.5) is 20.6 Å². The van der Waals surface area contributed by atoms with Crippen LogP contribution in [0.25, 0.3) is 5.57 Å². The number of carbonyl (C=O) groups excluding carboxylic acids is 1. The van der Waals surface area contributed by atoms with Gasteiger partial charge in [0.05, 0.1) is 24.6 Å². The highest BCUT2D eigenvalue weighted by Gasteiger charge is 2.31. The zero-order valence-corrected chi connectivity index (χ0v) is 18.6. The van der Waals surface area contributed by atoms with Crippen molar-refractivity contribution in [3.63, 3.8) is 0 Å². The van der Waals surface area contributed by atoms with Gasteiger partial charge in [-0.05, 0) is 57.0 Å². The highest BCUT2D eigenvalue weighted by molar-refractivity contribution is 5.92. The molecule has 31 heavy (non-hydrogen) atoms. The number of fused-ring (bicyclic) bond motifs is 1. The fraction of sp³-hybridized carbons (Fsp3) is 0.333. The lowest BCUT2D eigenvalue weighted by atomic mass is 9.88. The predicted molar refractivity (Wildman–Crippen MR) is 125 cm³/mol. The molecule has 0 bridgehead atoms. The summed E-state index contributed by atoms with van der Waals surface area (Å²) in [6.07, 6.45) is 4.48. The number of anilines is 2. The molecular formula is C24H29FN4O2. The lowest BCUT2D eigenvalue weighted by Crippen LogP contribution is -2.45. The molecule has 1 aliphatic rings. The van der Waals surface area contributed by atoms with Crippen molar-refractivity contribution in [3.05, 3.63) is 59.4 Å². The number of rotatable bonds is 6. The largest absolute Gasteiger partial charge is 0.495 e. The van der Waals surface area contributed by atoms with Crippen LogP contribution in [0.15, 0.2) is 47.6 Å². The van der Waals surface area contributed by atoms with E-state index in [0.29, 0.717) is 17.0 Å². The highest BCUT2D eigenvalue weighted by Crippen LogP contribution is 2.40. The summed E-state index contributed by atoms with van der Waals surface area (Å²) in [4.78, 5) is 14.3. The second kappa shape index (κ2) is 9.20. The van der Waals surface area contributed by atoms with Gasteiger partial charge in [-0.1, -0.05) is 25.1 Å². The molecule has 7 heteroatoms. The van der Waals surface area contributed by atoms with Gasteiger partial charge in [0.15, 0.2) is 0 Å². The van der Waals surface area contributed by atoms with E-state index in [2.05, 4.69) is 47.6 Å². The number of carbonyl (C=O) groups is 1. The summed E-state index contributed by atoms with van der Waals surface area (Å²) in [5.74, 6) is 0.144. The molecule has 1 heterocycles. The quantitative estimate of drug-likeness (QED) is 0.482. The minimum atomic E-state index is -0.550. The Labute approximate surface area is 182 Å². The van der Waals surface area contributed by atoms with Crippen LogP contribution in [0.2, 0.25) is 0 Å². The molecule has 2 amide bonds. The third-order valence-corrected chi connectivity index (χ3v) is 5.27. The van der Waals surface area contributed by atoms with Crippen LogP contribution in [0.1, 0.15) is 45.2 Å². The molecule has 2 aromatic rings. The summed E-state index contributed by atoms with van der Waals surface area (Å²) in [6.45, 7) is 9.24. The normalized spacial score (nSPS) is 14.8. The Hall–Kier alpha value is -3.35. The molecule has 2 aromatic carbocycles. The Balaban J connectivity index is 1.78. The lowest BCUT2D eigenvalue weighted by molar-refractivity contribution is 0.252. The standard InChI is InChI=1S/C24H29FN4O2/c1-6-11-29-21-13-19(25)17(12-18(21)16(2)14-24(29,3)4)15-26-28-23(30)27-20-9-7-8-10-22(20)31-5/h7-10,12-15H,6,11H2,1-5H3,(H2,27,28,30)/b26-15+. The van der Waals surface area contributed by atoms with Crippen molar-refractivity contribution in [1.82, 2.24) is 5.43 Å². The summed E-state index contributed by atoms with van der Waals surface area (Å²) in [5, 5.41) is 6.56. The molecule has 0 unspecified atom stereocenters. The fourth-order valence-corrected chi connectivity index (χ4v) is 3.90. The number of nitrogens with zero attached hydrogens (tertiary/aromatic N) is 2. The molecule has 0 aliphatic carbocycles. The molecule has 3 rings (SSSR count). The number of allylic oxidation sites excluding steroid dienone is 1. The van der Waals surface area contributed by atoms with Crippen molar-refractivity contribution in [2.24, 2.45) is 5.10 Å². The van der Waals surface area contributed by atoms with E-state index in [0.717, 1.165) is 29.8 Å². The molecule has 6 nitrogen and oxygen atoms in total. The fourth-order valence-electron chi connectivity index (χ4n) is 3.90. The van der Waals surface area contributed by atoms with Crippen molar-refractivity contribution in [2.75, 3.05) is 23.9 Å². The number of benzene rings is 2. The van der Waals surface area contributed by atoms with E-state index in [1.165, 1.54) is 13.3 Å². The molecular weight excluding hydrogens is 395 g/mol. The van der Waals surface area contributed by atoms with Crippen molar-refractivity contribution in [3.8, 4) is 5.75 Å². The lowest BCUT2D eigenvalue weighted by Gasteiger charge is -2.43. The monoisotopic (exact) mass is 424 g/mol. The van der Waals surface area contributed by atoms with E-state index in [-0.39, 0.29) is 11.4 Å². The van der Waals surface area contributed by atoms with Gasteiger partial charge in [-0.25, -0.2) is 14.6 Å². The first kappa shape index (κ1) is 22.3. The molecule has 0 saturated carbocycles. The van der Waals surface area contributed by atoms with Gasteiger partial charge in [-0.3, -0.25) is 0 Å². The summed E-state index contributed by atoms with van der Waals surface area (Å²) >= 11 is 0. The predicted octanol–water partition coefficient (Wildman–Crippen LogP) is 5.40. The number of ether oxygens (including phenoxy) is 1. The SMILES string of the molecule is CCCN1c2cc(F)c(/C=N/NC(=O)Nc3ccccc3OC)cc2C(C)=CC1(C)C. The maximum atomic E-state index is 14.9. The van der Waals surface area contributed by atoms with Gasteiger partial charge in [-0.15, -0.1) is 0 Å². The Morgan fingerprint density at radius 1 is 1.29 bits per heavy atom. The number of hydrogen-bond acceptors (Lipinski definition) is 4. The summed E-state index contributed by atoms with van der Waals surface area (Å²) in [7, 11) is 1.52. The molecule has 0 radical (unpaired) electrons. The minimum absolute atomic E-state index is 0.187. The van der Waals surface area contributed by atoms with Gasteiger partial charge in [0, 0.05) is 23.4 Å². The number of amides is 2. The summed E-state index contributed by atoms with van der Waals surface area (Å²) in [6, 6.07) is 9.81. The Morgan fingerprint density at radius 3 is 2.74 bits per heavy atom. The maximum Gasteiger partial charge on any atom is 0.339 e. The van der Waals surface area contributed by atoms with E-state index in [1.807, 2.05) is 6.92 Å². The zero-order chi connectivity index (χ0) is 22.6. The molecule has 2 N–H and O–H groups in total. The second-order valence-corrected chi connectivity index (χ2v) is 8.05. The molecule has 0 aromatic heterocycles. The van der Waals surface area contributed by atoms with Crippen LogP contribution >= 0.6 is 0 Å². The highest BCUT2D eigenvalue weighted by atomic mass is 19.1. The summed E-state index contributed by atoms with van der Waals surface area (Å²) in [5.41, 5.74) is 5.93. The first-order chi connectivity index (χ1) is 14.8. The average Bonchev–Trinajstić information content (AvgIpc) is 2.72. The Morgan fingerprint density at radius 2 is 2.03 bits per heavy atom. The van der Waals surface area contributed by atoms with Crippen LogP contribution in [0, 0.1) is 5.82 Å². The molecule has 0 saturated heterocycles. The first-order valence-corrected chi connectivity index (χ1v) is 10.3.